The lowest BCUT2D eigenvalue weighted by Gasteiger charge is -2.33. The van der Waals surface area contributed by atoms with Gasteiger partial charge in [-0.2, -0.15) is 0 Å². The number of urea groups is 1. The Morgan fingerprint density at radius 1 is 1.21 bits per heavy atom. The van der Waals surface area contributed by atoms with Gasteiger partial charge in [0.05, 0.1) is 16.5 Å². The van der Waals surface area contributed by atoms with Crippen LogP contribution in [0.15, 0.2) is 59.8 Å². The number of carbonyl (C=O) groups is 2. The zero-order valence-corrected chi connectivity index (χ0v) is 16.3. The number of carbonyl (C=O) groups excluding carboxylic acids is 2. The van der Waals surface area contributed by atoms with Crippen LogP contribution in [0.25, 0.3) is 0 Å². The number of ether oxygens (including phenoxy) is 1. The van der Waals surface area contributed by atoms with E-state index in [4.69, 9.17) is 4.74 Å². The van der Waals surface area contributed by atoms with Crippen molar-refractivity contribution in [2.75, 3.05) is 7.05 Å². The molecule has 3 rings (SSSR count). The minimum Gasteiger partial charge on any atom is -0.457 e. The highest BCUT2D eigenvalue weighted by Crippen LogP contribution is 2.33. The Morgan fingerprint density at radius 3 is 2.55 bits per heavy atom. The van der Waals surface area contributed by atoms with E-state index in [9.17, 15) is 19.7 Å². The van der Waals surface area contributed by atoms with E-state index in [1.807, 2.05) is 30.3 Å². The number of benzene rings is 2. The van der Waals surface area contributed by atoms with Gasteiger partial charge in [-0.25, -0.2) is 9.59 Å². The van der Waals surface area contributed by atoms with Crippen LogP contribution in [0.3, 0.4) is 0 Å². The molecule has 0 saturated heterocycles. The van der Waals surface area contributed by atoms with Crippen molar-refractivity contribution in [3.05, 3.63) is 86.6 Å². The summed E-state index contributed by atoms with van der Waals surface area (Å²) < 4.78 is 5.47. The number of rotatable bonds is 5. The maximum atomic E-state index is 12.9. The number of allylic oxidation sites excluding steroid dienone is 1. The lowest BCUT2D eigenvalue weighted by molar-refractivity contribution is -0.385. The van der Waals surface area contributed by atoms with Crippen molar-refractivity contribution in [1.29, 1.82) is 0 Å². The summed E-state index contributed by atoms with van der Waals surface area (Å²) in [6.45, 7) is 3.35. The number of amides is 2. The van der Waals surface area contributed by atoms with Crippen LogP contribution in [0.1, 0.15) is 29.7 Å². The quantitative estimate of drug-likeness (QED) is 0.473. The van der Waals surface area contributed by atoms with Gasteiger partial charge in [0.1, 0.15) is 6.61 Å². The average molecular weight is 395 g/mol. The van der Waals surface area contributed by atoms with Gasteiger partial charge in [0.25, 0.3) is 5.69 Å². The van der Waals surface area contributed by atoms with Crippen molar-refractivity contribution in [3.63, 3.8) is 0 Å². The molecule has 1 aliphatic rings. The fraction of sp³-hybridized carbons (Fsp3) is 0.238. The number of nitrogens with zero attached hydrogens (tertiary/aromatic N) is 2. The van der Waals surface area contributed by atoms with E-state index >= 15 is 0 Å². The molecule has 29 heavy (non-hydrogen) atoms. The van der Waals surface area contributed by atoms with E-state index in [2.05, 4.69) is 5.32 Å². The Kier molecular flexibility index (Phi) is 5.63. The Labute approximate surface area is 167 Å². The summed E-state index contributed by atoms with van der Waals surface area (Å²) in [5.74, 6) is -0.591. The van der Waals surface area contributed by atoms with Crippen LogP contribution in [0.5, 0.6) is 0 Å². The van der Waals surface area contributed by atoms with E-state index in [1.165, 1.54) is 11.0 Å². The van der Waals surface area contributed by atoms with Crippen LogP contribution in [0, 0.1) is 17.0 Å². The Morgan fingerprint density at radius 2 is 1.90 bits per heavy atom. The van der Waals surface area contributed by atoms with Crippen molar-refractivity contribution < 1.29 is 19.2 Å². The van der Waals surface area contributed by atoms with Crippen molar-refractivity contribution in [2.45, 2.75) is 26.5 Å². The van der Waals surface area contributed by atoms with E-state index in [0.29, 0.717) is 16.8 Å². The molecule has 2 aromatic rings. The van der Waals surface area contributed by atoms with Crippen LogP contribution in [-0.2, 0) is 16.1 Å². The predicted octanol–water partition coefficient (Wildman–Crippen LogP) is 3.62. The smallest absolute Gasteiger partial charge is 0.338 e. The molecule has 0 radical (unpaired) electrons. The molecule has 0 aromatic heterocycles. The van der Waals surface area contributed by atoms with Gasteiger partial charge in [0, 0.05) is 24.4 Å². The molecule has 0 saturated carbocycles. The van der Waals surface area contributed by atoms with Gasteiger partial charge in [-0.05, 0) is 25.0 Å². The predicted molar refractivity (Wildman–Crippen MR) is 106 cm³/mol. The largest absolute Gasteiger partial charge is 0.457 e. The van der Waals surface area contributed by atoms with E-state index < -0.39 is 23.0 Å². The van der Waals surface area contributed by atoms with E-state index in [1.54, 1.807) is 33.0 Å². The third-order valence-electron chi connectivity index (χ3n) is 4.95. The van der Waals surface area contributed by atoms with Gasteiger partial charge in [-0.15, -0.1) is 0 Å². The minimum atomic E-state index is -0.846. The molecule has 2 aromatic carbocycles. The summed E-state index contributed by atoms with van der Waals surface area (Å²) >= 11 is 0. The van der Waals surface area contributed by atoms with Crippen molar-refractivity contribution in [3.8, 4) is 0 Å². The lowest BCUT2D eigenvalue weighted by Crippen LogP contribution is -2.46. The number of hydrogen-bond acceptors (Lipinski definition) is 5. The lowest BCUT2D eigenvalue weighted by atomic mass is 9.94. The van der Waals surface area contributed by atoms with Gasteiger partial charge < -0.3 is 15.0 Å². The molecule has 1 aliphatic heterocycles. The first-order valence-electron chi connectivity index (χ1n) is 9.00. The normalized spacial score (nSPS) is 16.4. The highest BCUT2D eigenvalue weighted by molar-refractivity contribution is 5.95. The number of aryl methyl sites for hydroxylation is 1. The zero-order chi connectivity index (χ0) is 21.1. The third-order valence-corrected chi connectivity index (χ3v) is 4.95. The number of nitrogens with one attached hydrogen (secondary N) is 1. The molecule has 1 atom stereocenters. The second-order valence-electron chi connectivity index (χ2n) is 6.81. The maximum absolute atomic E-state index is 12.9. The molecule has 0 aliphatic carbocycles. The van der Waals surface area contributed by atoms with Crippen molar-refractivity contribution in [2.24, 2.45) is 0 Å². The Hall–Kier alpha value is -3.68. The minimum absolute atomic E-state index is 0.0783. The monoisotopic (exact) mass is 395 g/mol. The summed E-state index contributed by atoms with van der Waals surface area (Å²) in [6.07, 6.45) is 0. The van der Waals surface area contributed by atoms with E-state index in [-0.39, 0.29) is 17.9 Å². The van der Waals surface area contributed by atoms with Gasteiger partial charge in [-0.1, -0.05) is 42.5 Å². The summed E-state index contributed by atoms with van der Waals surface area (Å²) in [7, 11) is 1.54. The molecular formula is C21H21N3O5. The molecule has 8 heteroatoms. The molecular weight excluding hydrogens is 374 g/mol. The summed E-state index contributed by atoms with van der Waals surface area (Å²) in [5.41, 5.74) is 2.35. The van der Waals surface area contributed by atoms with E-state index in [0.717, 1.165) is 5.56 Å². The molecule has 0 unspecified atom stereocenters. The first-order valence-corrected chi connectivity index (χ1v) is 9.00. The van der Waals surface area contributed by atoms with Gasteiger partial charge >= 0.3 is 12.0 Å². The fourth-order valence-corrected chi connectivity index (χ4v) is 3.15. The molecule has 1 heterocycles. The first-order chi connectivity index (χ1) is 13.8. The highest BCUT2D eigenvalue weighted by atomic mass is 16.6. The van der Waals surface area contributed by atoms with Crippen LogP contribution in [0.2, 0.25) is 0 Å². The second-order valence-corrected chi connectivity index (χ2v) is 6.81. The number of hydrogen-bond donors (Lipinski definition) is 1. The second kappa shape index (κ2) is 8.14. The summed E-state index contributed by atoms with van der Waals surface area (Å²) in [5, 5.41) is 14.1. The number of nitro groups is 1. The maximum Gasteiger partial charge on any atom is 0.338 e. The van der Waals surface area contributed by atoms with Crippen molar-refractivity contribution in [1.82, 2.24) is 10.2 Å². The molecule has 150 valence electrons. The van der Waals surface area contributed by atoms with Crippen LogP contribution >= 0.6 is 0 Å². The van der Waals surface area contributed by atoms with Crippen LogP contribution < -0.4 is 5.32 Å². The summed E-state index contributed by atoms with van der Waals surface area (Å²) in [6, 6.07) is 12.6. The van der Waals surface area contributed by atoms with Crippen LogP contribution in [0.4, 0.5) is 10.5 Å². The number of esters is 1. The highest BCUT2D eigenvalue weighted by Gasteiger charge is 2.35. The zero-order valence-electron chi connectivity index (χ0n) is 16.3. The molecule has 0 spiro atoms. The average Bonchev–Trinajstić information content (AvgIpc) is 2.71. The number of nitro benzene ring substituents is 1. The summed E-state index contributed by atoms with van der Waals surface area (Å²) in [4.78, 5) is 37.4. The van der Waals surface area contributed by atoms with Crippen molar-refractivity contribution >= 4 is 17.7 Å². The first kappa shape index (κ1) is 20.1. The standard InChI is InChI=1S/C21H21N3O5/c1-13-9-10-16(11-17(13)24(27)28)19-18(14(2)23(3)21(26)22-19)20(25)29-12-15-7-5-4-6-8-15/h4-11,19H,12H2,1-3H3,(H,22,26)/t19-/m1/s1. The van der Waals surface area contributed by atoms with Gasteiger partial charge in [0.2, 0.25) is 0 Å². The molecule has 1 N–H and O–H groups in total. The van der Waals surface area contributed by atoms with Crippen LogP contribution in [-0.4, -0.2) is 28.9 Å². The Balaban J connectivity index is 1.96. The Bertz CT molecular complexity index is 1000. The van der Waals surface area contributed by atoms with Gasteiger partial charge in [0.15, 0.2) is 0 Å². The molecule has 2 amide bonds. The SMILES string of the molecule is CC1=C(C(=O)OCc2ccccc2)[C@@H](c2ccc(C)c([N+](=O)[O-])c2)NC(=O)N1C. The topological polar surface area (TPSA) is 102 Å². The molecule has 8 nitrogen and oxygen atoms in total. The van der Waals surface area contributed by atoms with Gasteiger partial charge in [-0.3, -0.25) is 10.1 Å². The fourth-order valence-electron chi connectivity index (χ4n) is 3.15. The molecule has 0 fully saturated rings. The third kappa shape index (κ3) is 4.11. The molecule has 0 bridgehead atoms.